The Balaban J connectivity index is 2.27. The van der Waals surface area contributed by atoms with Crippen LogP contribution in [0.25, 0.3) is 0 Å². The molecule has 1 N–H and O–H groups in total. The molecule has 1 aromatic rings. The van der Waals surface area contributed by atoms with Crippen LogP contribution in [0.15, 0.2) is 18.2 Å². The number of sulfonamides is 1. The first-order chi connectivity index (χ1) is 10.2. The lowest BCUT2D eigenvalue weighted by atomic mass is 10.1. The van der Waals surface area contributed by atoms with Gasteiger partial charge in [0, 0.05) is 13.0 Å². The minimum atomic E-state index is -3.64. The molecule has 1 fully saturated rings. The monoisotopic (exact) mass is 344 g/mol. The maximum absolute atomic E-state index is 12.0. The van der Waals surface area contributed by atoms with Gasteiger partial charge in [-0.1, -0.05) is 25.4 Å². The number of hydrogen-bond donors (Lipinski definition) is 1. The van der Waals surface area contributed by atoms with Crippen molar-refractivity contribution in [3.05, 3.63) is 28.8 Å². The van der Waals surface area contributed by atoms with Gasteiger partial charge in [-0.25, -0.2) is 12.7 Å². The van der Waals surface area contributed by atoms with Gasteiger partial charge in [0.1, 0.15) is 0 Å². The second-order valence-corrected chi connectivity index (χ2v) is 7.84. The molecule has 0 saturated carbocycles. The Bertz CT molecular complexity index is 716. The molecule has 1 aromatic carbocycles. The number of carbonyl (C=O) groups excluding carboxylic acids is 2. The highest BCUT2D eigenvalue weighted by Crippen LogP contribution is 2.29. The lowest BCUT2D eigenvalue weighted by Crippen LogP contribution is -2.30. The van der Waals surface area contributed by atoms with E-state index in [1.807, 2.05) is 13.8 Å². The summed E-state index contributed by atoms with van der Waals surface area (Å²) in [5.74, 6) is -0.733. The van der Waals surface area contributed by atoms with Crippen LogP contribution in [0.5, 0.6) is 0 Å². The molecule has 6 nitrogen and oxygen atoms in total. The number of halogens is 1. The molecule has 1 heterocycles. The first-order valence-corrected chi connectivity index (χ1v) is 8.84. The molecule has 0 unspecified atom stereocenters. The average molecular weight is 345 g/mol. The predicted molar refractivity (Wildman–Crippen MR) is 84.5 cm³/mol. The van der Waals surface area contributed by atoms with Crippen LogP contribution < -0.4 is 9.62 Å². The van der Waals surface area contributed by atoms with E-state index in [1.165, 1.54) is 18.2 Å². The lowest BCUT2D eigenvalue weighted by molar-refractivity contribution is -0.116. The van der Waals surface area contributed by atoms with E-state index in [-0.39, 0.29) is 34.4 Å². The van der Waals surface area contributed by atoms with E-state index >= 15 is 0 Å². The topological polar surface area (TPSA) is 83.6 Å². The summed E-state index contributed by atoms with van der Waals surface area (Å²) in [5, 5.41) is 2.84. The number of anilines is 1. The van der Waals surface area contributed by atoms with Crippen LogP contribution >= 0.6 is 11.6 Å². The Morgan fingerprint density at radius 2 is 2.09 bits per heavy atom. The van der Waals surface area contributed by atoms with E-state index in [2.05, 4.69) is 5.32 Å². The Morgan fingerprint density at radius 1 is 1.41 bits per heavy atom. The molecule has 2 amide bonds. The number of hydrogen-bond acceptors (Lipinski definition) is 4. The van der Waals surface area contributed by atoms with Gasteiger partial charge >= 0.3 is 0 Å². The summed E-state index contributed by atoms with van der Waals surface area (Å²) in [7, 11) is -3.64. The van der Waals surface area contributed by atoms with E-state index < -0.39 is 15.9 Å². The van der Waals surface area contributed by atoms with E-state index in [1.54, 1.807) is 0 Å². The largest absolute Gasteiger partial charge is 0.352 e. The van der Waals surface area contributed by atoms with Gasteiger partial charge < -0.3 is 5.32 Å². The highest BCUT2D eigenvalue weighted by atomic mass is 35.5. The van der Waals surface area contributed by atoms with Crippen LogP contribution in [0.1, 0.15) is 30.6 Å². The molecular weight excluding hydrogens is 328 g/mol. The summed E-state index contributed by atoms with van der Waals surface area (Å²) in [4.78, 5) is 23.7. The van der Waals surface area contributed by atoms with Gasteiger partial charge in [0.15, 0.2) is 0 Å². The maximum atomic E-state index is 12.0. The molecule has 0 aliphatic carbocycles. The zero-order valence-corrected chi connectivity index (χ0v) is 13.9. The van der Waals surface area contributed by atoms with Gasteiger partial charge in [-0.05, 0) is 24.1 Å². The third-order valence-corrected chi connectivity index (χ3v) is 5.18. The van der Waals surface area contributed by atoms with Crippen molar-refractivity contribution in [3.63, 3.8) is 0 Å². The number of benzene rings is 1. The van der Waals surface area contributed by atoms with Crippen molar-refractivity contribution >= 4 is 39.1 Å². The number of amides is 2. The Hall–Kier alpha value is -1.60. The predicted octanol–water partition coefficient (Wildman–Crippen LogP) is 1.79. The third kappa shape index (κ3) is 3.41. The number of rotatable bonds is 4. The van der Waals surface area contributed by atoms with Crippen molar-refractivity contribution in [1.82, 2.24) is 5.32 Å². The molecule has 0 radical (unpaired) electrons. The standard InChI is InChI=1S/C14H17ClN2O4S/c1-9(2)8-16-14(19)11-4-3-10(7-12(11)15)17-13(18)5-6-22(17,20)21/h3-4,7,9H,5-6,8H2,1-2H3,(H,16,19). The number of carbonyl (C=O) groups is 2. The van der Waals surface area contributed by atoms with E-state index in [9.17, 15) is 18.0 Å². The van der Waals surface area contributed by atoms with E-state index in [0.717, 1.165) is 4.31 Å². The molecule has 2 rings (SSSR count). The van der Waals surface area contributed by atoms with Crippen molar-refractivity contribution in [2.45, 2.75) is 20.3 Å². The van der Waals surface area contributed by atoms with Gasteiger partial charge in [-0.3, -0.25) is 9.59 Å². The normalized spacial score (nSPS) is 17.1. The van der Waals surface area contributed by atoms with Crippen LogP contribution in [-0.2, 0) is 14.8 Å². The molecule has 120 valence electrons. The minimum absolute atomic E-state index is 0.0451. The van der Waals surface area contributed by atoms with Crippen LogP contribution in [-0.4, -0.2) is 32.5 Å². The fraction of sp³-hybridized carbons (Fsp3) is 0.429. The van der Waals surface area contributed by atoms with Crippen LogP contribution in [0.2, 0.25) is 5.02 Å². The molecule has 1 aliphatic heterocycles. The van der Waals surface area contributed by atoms with Gasteiger partial charge in [0.05, 0.1) is 22.0 Å². The van der Waals surface area contributed by atoms with Gasteiger partial charge in [-0.15, -0.1) is 0 Å². The number of nitrogens with zero attached hydrogens (tertiary/aromatic N) is 1. The number of nitrogens with one attached hydrogen (secondary N) is 1. The van der Waals surface area contributed by atoms with Crippen LogP contribution in [0.3, 0.4) is 0 Å². The third-order valence-electron chi connectivity index (χ3n) is 3.18. The van der Waals surface area contributed by atoms with Crippen LogP contribution in [0, 0.1) is 5.92 Å². The average Bonchev–Trinajstić information content (AvgIpc) is 2.69. The molecule has 0 aromatic heterocycles. The molecule has 0 bridgehead atoms. The smallest absolute Gasteiger partial charge is 0.252 e. The second kappa shape index (κ2) is 6.26. The first kappa shape index (κ1) is 16.8. The van der Waals surface area contributed by atoms with Crippen molar-refractivity contribution < 1.29 is 18.0 Å². The SMILES string of the molecule is CC(C)CNC(=O)c1ccc(N2C(=O)CCS2(=O)=O)cc1Cl. The molecule has 1 aliphatic rings. The zero-order chi connectivity index (χ0) is 16.5. The van der Waals surface area contributed by atoms with Gasteiger partial charge in [0.25, 0.3) is 5.91 Å². The van der Waals surface area contributed by atoms with Gasteiger partial charge in [0.2, 0.25) is 15.9 Å². The highest BCUT2D eigenvalue weighted by molar-refractivity contribution is 7.94. The molecule has 1 saturated heterocycles. The Labute approximate surface area is 134 Å². The Morgan fingerprint density at radius 3 is 2.59 bits per heavy atom. The summed E-state index contributed by atoms with van der Waals surface area (Å²) in [6.45, 7) is 4.44. The molecule has 22 heavy (non-hydrogen) atoms. The van der Waals surface area contributed by atoms with Crippen molar-refractivity contribution in [2.24, 2.45) is 5.92 Å². The van der Waals surface area contributed by atoms with E-state index in [4.69, 9.17) is 11.6 Å². The van der Waals surface area contributed by atoms with Gasteiger partial charge in [-0.2, -0.15) is 0 Å². The van der Waals surface area contributed by atoms with E-state index in [0.29, 0.717) is 12.5 Å². The zero-order valence-electron chi connectivity index (χ0n) is 12.3. The Kier molecular flexibility index (Phi) is 4.77. The summed E-state index contributed by atoms with van der Waals surface area (Å²) in [6, 6.07) is 4.16. The summed E-state index contributed by atoms with van der Waals surface area (Å²) < 4.78 is 24.5. The fourth-order valence-electron chi connectivity index (χ4n) is 2.08. The molecule has 0 spiro atoms. The summed E-state index contributed by atoms with van der Waals surface area (Å²) in [5.41, 5.74) is 0.406. The van der Waals surface area contributed by atoms with Crippen molar-refractivity contribution in [2.75, 3.05) is 16.6 Å². The summed E-state index contributed by atoms with van der Waals surface area (Å²) >= 11 is 6.07. The highest BCUT2D eigenvalue weighted by Gasteiger charge is 2.36. The van der Waals surface area contributed by atoms with Crippen molar-refractivity contribution in [1.29, 1.82) is 0 Å². The van der Waals surface area contributed by atoms with Crippen molar-refractivity contribution in [3.8, 4) is 0 Å². The molecular formula is C14H17ClN2O4S. The fourth-order valence-corrected chi connectivity index (χ4v) is 3.79. The quantitative estimate of drug-likeness (QED) is 0.902. The second-order valence-electron chi connectivity index (χ2n) is 5.49. The van der Waals surface area contributed by atoms with Crippen LogP contribution in [0.4, 0.5) is 5.69 Å². The minimum Gasteiger partial charge on any atom is -0.352 e. The molecule has 8 heteroatoms. The maximum Gasteiger partial charge on any atom is 0.252 e. The summed E-state index contributed by atoms with van der Waals surface area (Å²) in [6.07, 6.45) is -0.0451. The molecule has 0 atom stereocenters. The first-order valence-electron chi connectivity index (χ1n) is 6.86. The lowest BCUT2D eigenvalue weighted by Gasteiger charge is -2.16.